The zero-order chi connectivity index (χ0) is 15.5. The van der Waals surface area contributed by atoms with E-state index >= 15 is 0 Å². The Balaban J connectivity index is 1.57. The van der Waals surface area contributed by atoms with Gasteiger partial charge in [-0.3, -0.25) is 4.79 Å². The second kappa shape index (κ2) is 6.56. The Kier molecular flexibility index (Phi) is 4.52. The van der Waals surface area contributed by atoms with Crippen LogP contribution in [0.3, 0.4) is 0 Å². The summed E-state index contributed by atoms with van der Waals surface area (Å²) in [7, 11) is 0. The molecule has 6 heteroatoms. The molecule has 114 valence electrons. The summed E-state index contributed by atoms with van der Waals surface area (Å²) in [5.41, 5.74) is 0.859. The maximum Gasteiger partial charge on any atom is 0.280 e. The van der Waals surface area contributed by atoms with Crippen LogP contribution in [0, 0.1) is 0 Å². The number of benzene rings is 1. The third kappa shape index (κ3) is 3.35. The monoisotopic (exact) mass is 332 g/mol. The van der Waals surface area contributed by atoms with Crippen molar-refractivity contribution in [1.82, 2.24) is 10.3 Å². The van der Waals surface area contributed by atoms with E-state index in [-0.39, 0.29) is 5.91 Å². The van der Waals surface area contributed by atoms with E-state index in [4.69, 9.17) is 0 Å². The average molecular weight is 332 g/mol. The molecule has 2 N–H and O–H groups in total. The van der Waals surface area contributed by atoms with E-state index in [9.17, 15) is 9.90 Å². The Bertz CT molecular complexity index is 759. The second-order valence-electron chi connectivity index (χ2n) is 4.97. The van der Waals surface area contributed by atoms with Crippen LogP contribution in [0.4, 0.5) is 0 Å². The van der Waals surface area contributed by atoms with Gasteiger partial charge in [0, 0.05) is 16.3 Å². The van der Waals surface area contributed by atoms with Crippen LogP contribution >= 0.6 is 22.7 Å². The third-order valence-electron chi connectivity index (χ3n) is 3.24. The van der Waals surface area contributed by atoms with Gasteiger partial charge in [-0.05, 0) is 37.6 Å². The molecular weight excluding hydrogens is 316 g/mol. The number of thiophene rings is 1. The molecule has 0 aliphatic heterocycles. The first kappa shape index (κ1) is 15.1. The topological polar surface area (TPSA) is 62.2 Å². The highest BCUT2D eigenvalue weighted by Crippen LogP contribution is 2.23. The van der Waals surface area contributed by atoms with Gasteiger partial charge >= 0.3 is 0 Å². The Hall–Kier alpha value is -1.76. The molecule has 2 aromatic heterocycles. The molecule has 0 saturated heterocycles. The van der Waals surface area contributed by atoms with Crippen molar-refractivity contribution in [2.75, 3.05) is 6.54 Å². The minimum absolute atomic E-state index is 0.131. The lowest BCUT2D eigenvalue weighted by Gasteiger charge is -2.01. The molecule has 0 aliphatic rings. The standard InChI is InChI=1S/C16H16N2O2S2/c1-10(19)13-7-6-11(21-13)8-9-17-15(20)16-18-12-4-2-3-5-14(12)22-16/h2-7,10,19H,8-9H2,1H3,(H,17,20)/t10-/m1/s1. The maximum atomic E-state index is 12.1. The molecule has 1 amide bonds. The van der Waals surface area contributed by atoms with Crippen LogP contribution in [0.5, 0.6) is 0 Å². The summed E-state index contributed by atoms with van der Waals surface area (Å²) in [6.45, 7) is 2.32. The molecular formula is C16H16N2O2S2. The SMILES string of the molecule is C[C@@H](O)c1ccc(CCNC(=O)c2nc3ccccc3s2)s1. The number of rotatable bonds is 5. The lowest BCUT2D eigenvalue weighted by atomic mass is 10.3. The number of aliphatic hydroxyl groups excluding tert-OH is 1. The number of hydrogen-bond donors (Lipinski definition) is 2. The number of para-hydroxylation sites is 1. The second-order valence-corrected chi connectivity index (χ2v) is 7.20. The predicted molar refractivity (Wildman–Crippen MR) is 90.6 cm³/mol. The third-order valence-corrected chi connectivity index (χ3v) is 5.59. The van der Waals surface area contributed by atoms with Crippen molar-refractivity contribution in [3.05, 3.63) is 51.2 Å². The van der Waals surface area contributed by atoms with E-state index < -0.39 is 6.10 Å². The number of thiazole rings is 1. The Morgan fingerprint density at radius 3 is 2.82 bits per heavy atom. The highest BCUT2D eigenvalue weighted by molar-refractivity contribution is 7.20. The van der Waals surface area contributed by atoms with Gasteiger partial charge in [-0.25, -0.2) is 4.98 Å². The van der Waals surface area contributed by atoms with Crippen LogP contribution in [0.1, 0.15) is 32.6 Å². The van der Waals surface area contributed by atoms with Gasteiger partial charge in [-0.1, -0.05) is 12.1 Å². The first-order valence-corrected chi connectivity index (χ1v) is 8.67. The molecule has 0 bridgehead atoms. The van der Waals surface area contributed by atoms with Crippen molar-refractivity contribution < 1.29 is 9.90 Å². The van der Waals surface area contributed by atoms with Crippen LogP contribution in [-0.2, 0) is 6.42 Å². The zero-order valence-electron chi connectivity index (χ0n) is 12.1. The first-order chi connectivity index (χ1) is 10.6. The van der Waals surface area contributed by atoms with E-state index in [1.54, 1.807) is 18.3 Å². The summed E-state index contributed by atoms with van der Waals surface area (Å²) >= 11 is 2.98. The summed E-state index contributed by atoms with van der Waals surface area (Å²) in [4.78, 5) is 18.6. The molecule has 3 rings (SSSR count). The van der Waals surface area contributed by atoms with Gasteiger partial charge in [0.15, 0.2) is 5.01 Å². The molecule has 0 saturated carbocycles. The highest BCUT2D eigenvalue weighted by Gasteiger charge is 2.12. The van der Waals surface area contributed by atoms with E-state index in [2.05, 4.69) is 10.3 Å². The molecule has 4 nitrogen and oxygen atoms in total. The van der Waals surface area contributed by atoms with Crippen LogP contribution < -0.4 is 5.32 Å². The first-order valence-electron chi connectivity index (χ1n) is 7.04. The summed E-state index contributed by atoms with van der Waals surface area (Å²) < 4.78 is 1.02. The predicted octanol–water partition coefficient (Wildman–Crippen LogP) is 3.38. The van der Waals surface area contributed by atoms with Crippen molar-refractivity contribution in [3.8, 4) is 0 Å². The molecule has 1 aromatic carbocycles. The van der Waals surface area contributed by atoms with Crippen molar-refractivity contribution >= 4 is 38.8 Å². The number of aromatic nitrogens is 1. The van der Waals surface area contributed by atoms with Gasteiger partial charge in [0.2, 0.25) is 0 Å². The Morgan fingerprint density at radius 2 is 2.09 bits per heavy atom. The number of hydrogen-bond acceptors (Lipinski definition) is 5. The average Bonchev–Trinajstić information content (AvgIpc) is 3.13. The smallest absolute Gasteiger partial charge is 0.280 e. The largest absolute Gasteiger partial charge is 0.388 e. The summed E-state index contributed by atoms with van der Waals surface area (Å²) in [5.74, 6) is -0.131. The normalized spacial score (nSPS) is 12.5. The van der Waals surface area contributed by atoms with E-state index in [0.29, 0.717) is 11.6 Å². The highest BCUT2D eigenvalue weighted by atomic mass is 32.1. The van der Waals surface area contributed by atoms with Crippen molar-refractivity contribution in [3.63, 3.8) is 0 Å². The van der Waals surface area contributed by atoms with Crippen LogP contribution in [0.15, 0.2) is 36.4 Å². The molecule has 0 radical (unpaired) electrons. The van der Waals surface area contributed by atoms with E-state index in [0.717, 1.165) is 26.4 Å². The van der Waals surface area contributed by atoms with Gasteiger partial charge in [0.05, 0.1) is 16.3 Å². The number of carbonyl (C=O) groups is 1. The van der Waals surface area contributed by atoms with Gasteiger partial charge < -0.3 is 10.4 Å². The number of amides is 1. The molecule has 3 aromatic rings. The van der Waals surface area contributed by atoms with Crippen molar-refractivity contribution in [2.45, 2.75) is 19.4 Å². The number of aliphatic hydroxyl groups is 1. The molecule has 2 heterocycles. The van der Waals surface area contributed by atoms with Gasteiger partial charge in [0.1, 0.15) is 0 Å². The Morgan fingerprint density at radius 1 is 1.27 bits per heavy atom. The van der Waals surface area contributed by atoms with Crippen LogP contribution in [0.2, 0.25) is 0 Å². The zero-order valence-corrected chi connectivity index (χ0v) is 13.7. The van der Waals surface area contributed by atoms with Gasteiger partial charge in [0.25, 0.3) is 5.91 Å². The van der Waals surface area contributed by atoms with Crippen LogP contribution in [0.25, 0.3) is 10.2 Å². The lowest BCUT2D eigenvalue weighted by molar-refractivity contribution is 0.0954. The van der Waals surface area contributed by atoms with Crippen molar-refractivity contribution in [2.24, 2.45) is 0 Å². The molecule has 0 unspecified atom stereocenters. The number of fused-ring (bicyclic) bond motifs is 1. The maximum absolute atomic E-state index is 12.1. The van der Waals surface area contributed by atoms with E-state index in [1.165, 1.54) is 11.3 Å². The van der Waals surface area contributed by atoms with Gasteiger partial charge in [-0.15, -0.1) is 22.7 Å². The lowest BCUT2D eigenvalue weighted by Crippen LogP contribution is -2.25. The Labute approximate surface area is 136 Å². The van der Waals surface area contributed by atoms with Gasteiger partial charge in [-0.2, -0.15) is 0 Å². The van der Waals surface area contributed by atoms with Crippen molar-refractivity contribution in [1.29, 1.82) is 0 Å². The number of nitrogens with zero attached hydrogens (tertiary/aromatic N) is 1. The minimum atomic E-state index is -0.434. The number of nitrogens with one attached hydrogen (secondary N) is 1. The molecule has 0 fully saturated rings. The minimum Gasteiger partial charge on any atom is -0.388 e. The fourth-order valence-corrected chi connectivity index (χ4v) is 3.93. The summed E-state index contributed by atoms with van der Waals surface area (Å²) in [6, 6.07) is 11.7. The quantitative estimate of drug-likeness (QED) is 0.753. The summed E-state index contributed by atoms with van der Waals surface area (Å²) in [6.07, 6.45) is 0.324. The number of carbonyl (C=O) groups excluding carboxylic acids is 1. The molecule has 0 spiro atoms. The fourth-order valence-electron chi connectivity index (χ4n) is 2.10. The molecule has 1 atom stereocenters. The molecule has 0 aliphatic carbocycles. The molecule has 22 heavy (non-hydrogen) atoms. The van der Waals surface area contributed by atoms with E-state index in [1.807, 2.05) is 36.4 Å². The summed E-state index contributed by atoms with van der Waals surface area (Å²) in [5, 5.41) is 12.9. The fraction of sp³-hybridized carbons (Fsp3) is 0.250. The van der Waals surface area contributed by atoms with Crippen LogP contribution in [-0.4, -0.2) is 22.5 Å².